The fourth-order valence-electron chi connectivity index (χ4n) is 1.66. The standard InChI is InChI=1S/C10H23NO/c1-3-5-9(6-4-2)7-8-10(11)12/h9-10,12H,3-8,11H2,1-2H3. The van der Waals surface area contributed by atoms with Crippen molar-refractivity contribution in [2.24, 2.45) is 11.7 Å². The van der Waals surface area contributed by atoms with Gasteiger partial charge in [-0.2, -0.15) is 0 Å². The third-order valence-corrected chi connectivity index (χ3v) is 2.26. The van der Waals surface area contributed by atoms with E-state index in [1.165, 1.54) is 25.7 Å². The number of rotatable bonds is 7. The molecule has 0 aromatic carbocycles. The van der Waals surface area contributed by atoms with E-state index >= 15 is 0 Å². The van der Waals surface area contributed by atoms with Gasteiger partial charge in [-0.25, -0.2) is 0 Å². The molecule has 0 radical (unpaired) electrons. The van der Waals surface area contributed by atoms with Gasteiger partial charge in [0.25, 0.3) is 0 Å². The van der Waals surface area contributed by atoms with E-state index in [1.807, 2.05) is 0 Å². The van der Waals surface area contributed by atoms with Crippen LogP contribution in [0.15, 0.2) is 0 Å². The van der Waals surface area contributed by atoms with Crippen LogP contribution in [-0.2, 0) is 0 Å². The van der Waals surface area contributed by atoms with E-state index in [0.29, 0.717) is 0 Å². The van der Waals surface area contributed by atoms with Gasteiger partial charge in [0, 0.05) is 0 Å². The third-order valence-electron chi connectivity index (χ3n) is 2.26. The van der Waals surface area contributed by atoms with Crippen LogP contribution >= 0.6 is 0 Å². The minimum Gasteiger partial charge on any atom is -0.379 e. The Balaban J connectivity index is 3.48. The average Bonchev–Trinajstić information content (AvgIpc) is 2.01. The normalized spacial score (nSPS) is 13.8. The molecule has 0 aliphatic heterocycles. The molecule has 1 unspecified atom stereocenters. The molecule has 0 aromatic rings. The zero-order valence-corrected chi connectivity index (χ0v) is 8.42. The third kappa shape index (κ3) is 6.62. The van der Waals surface area contributed by atoms with Gasteiger partial charge in [-0.3, -0.25) is 0 Å². The molecule has 74 valence electrons. The maximum Gasteiger partial charge on any atom is 0.102 e. The first-order valence-corrected chi connectivity index (χ1v) is 5.14. The van der Waals surface area contributed by atoms with Crippen molar-refractivity contribution >= 4 is 0 Å². The monoisotopic (exact) mass is 173 g/mol. The van der Waals surface area contributed by atoms with Crippen molar-refractivity contribution in [3.05, 3.63) is 0 Å². The first-order valence-electron chi connectivity index (χ1n) is 5.14. The van der Waals surface area contributed by atoms with Crippen molar-refractivity contribution in [1.29, 1.82) is 0 Å². The summed E-state index contributed by atoms with van der Waals surface area (Å²) in [5.41, 5.74) is 5.29. The molecule has 3 N–H and O–H groups in total. The summed E-state index contributed by atoms with van der Waals surface area (Å²) in [5.74, 6) is 0.776. The molecule has 0 fully saturated rings. The van der Waals surface area contributed by atoms with Gasteiger partial charge in [0.05, 0.1) is 0 Å². The van der Waals surface area contributed by atoms with E-state index in [9.17, 15) is 0 Å². The van der Waals surface area contributed by atoms with Crippen LogP contribution in [0.5, 0.6) is 0 Å². The molecule has 2 heteroatoms. The van der Waals surface area contributed by atoms with E-state index in [0.717, 1.165) is 18.8 Å². The predicted octanol–water partition coefficient (Wildman–Crippen LogP) is 2.26. The summed E-state index contributed by atoms with van der Waals surface area (Å²) in [6.45, 7) is 4.42. The van der Waals surface area contributed by atoms with E-state index in [2.05, 4.69) is 13.8 Å². The summed E-state index contributed by atoms with van der Waals surface area (Å²) in [6.07, 6.45) is 6.27. The van der Waals surface area contributed by atoms with Crippen LogP contribution < -0.4 is 5.73 Å². The van der Waals surface area contributed by atoms with Gasteiger partial charge >= 0.3 is 0 Å². The minimum atomic E-state index is -0.610. The largest absolute Gasteiger partial charge is 0.379 e. The molecule has 0 spiro atoms. The van der Waals surface area contributed by atoms with Crippen molar-refractivity contribution < 1.29 is 5.11 Å². The number of aliphatic hydroxyl groups is 1. The molecule has 12 heavy (non-hydrogen) atoms. The maximum atomic E-state index is 8.92. The summed E-state index contributed by atoms with van der Waals surface area (Å²) in [7, 11) is 0. The van der Waals surface area contributed by atoms with Gasteiger partial charge in [-0.1, -0.05) is 39.5 Å². The van der Waals surface area contributed by atoms with Crippen LogP contribution in [-0.4, -0.2) is 11.3 Å². The SMILES string of the molecule is CCCC(CCC)CCC(N)O. The Hall–Kier alpha value is -0.0800. The van der Waals surface area contributed by atoms with E-state index in [-0.39, 0.29) is 0 Å². The first-order chi connectivity index (χ1) is 5.70. The van der Waals surface area contributed by atoms with Crippen LogP contribution in [0.1, 0.15) is 52.4 Å². The number of nitrogens with two attached hydrogens (primary N) is 1. The van der Waals surface area contributed by atoms with Crippen molar-refractivity contribution in [1.82, 2.24) is 0 Å². The molecule has 0 saturated heterocycles. The molecular weight excluding hydrogens is 150 g/mol. The summed E-state index contributed by atoms with van der Waals surface area (Å²) >= 11 is 0. The second-order valence-electron chi connectivity index (χ2n) is 3.59. The highest BCUT2D eigenvalue weighted by molar-refractivity contribution is 4.59. The summed E-state index contributed by atoms with van der Waals surface area (Å²) in [6, 6.07) is 0. The Kier molecular flexibility index (Phi) is 7.51. The van der Waals surface area contributed by atoms with Gasteiger partial charge in [0.15, 0.2) is 0 Å². The fraction of sp³-hybridized carbons (Fsp3) is 1.00. The number of hydrogen-bond donors (Lipinski definition) is 2. The van der Waals surface area contributed by atoms with E-state index < -0.39 is 6.23 Å². The first kappa shape index (κ1) is 11.9. The van der Waals surface area contributed by atoms with Gasteiger partial charge in [0.2, 0.25) is 0 Å². The average molecular weight is 173 g/mol. The van der Waals surface area contributed by atoms with Crippen LogP contribution in [0.2, 0.25) is 0 Å². The van der Waals surface area contributed by atoms with Gasteiger partial charge < -0.3 is 10.8 Å². The van der Waals surface area contributed by atoms with Gasteiger partial charge in [0.1, 0.15) is 6.23 Å². The molecule has 0 aliphatic carbocycles. The molecule has 0 saturated carbocycles. The summed E-state index contributed by atoms with van der Waals surface area (Å²) < 4.78 is 0. The predicted molar refractivity (Wildman–Crippen MR) is 52.7 cm³/mol. The topological polar surface area (TPSA) is 46.2 Å². The molecule has 0 aliphatic rings. The molecule has 0 rings (SSSR count). The molecule has 0 aromatic heterocycles. The summed E-state index contributed by atoms with van der Waals surface area (Å²) in [4.78, 5) is 0. The molecule has 2 nitrogen and oxygen atoms in total. The highest BCUT2D eigenvalue weighted by Crippen LogP contribution is 2.19. The van der Waals surface area contributed by atoms with Crippen molar-refractivity contribution in [2.75, 3.05) is 0 Å². The van der Waals surface area contributed by atoms with Crippen LogP contribution in [0.25, 0.3) is 0 Å². The lowest BCUT2D eigenvalue weighted by Crippen LogP contribution is -2.19. The lowest BCUT2D eigenvalue weighted by molar-refractivity contribution is 0.159. The van der Waals surface area contributed by atoms with Crippen LogP contribution in [0, 0.1) is 5.92 Å². The Morgan fingerprint density at radius 3 is 1.83 bits per heavy atom. The molecule has 0 amide bonds. The van der Waals surface area contributed by atoms with Gasteiger partial charge in [-0.05, 0) is 18.8 Å². The Morgan fingerprint density at radius 1 is 1.00 bits per heavy atom. The minimum absolute atomic E-state index is 0.610. The van der Waals surface area contributed by atoms with Crippen LogP contribution in [0.4, 0.5) is 0 Å². The maximum absolute atomic E-state index is 8.92. The molecule has 1 atom stereocenters. The zero-order chi connectivity index (χ0) is 9.40. The number of hydrogen-bond acceptors (Lipinski definition) is 2. The zero-order valence-electron chi connectivity index (χ0n) is 8.42. The number of aliphatic hydroxyl groups excluding tert-OH is 1. The van der Waals surface area contributed by atoms with Crippen molar-refractivity contribution in [2.45, 2.75) is 58.6 Å². The van der Waals surface area contributed by atoms with E-state index in [1.54, 1.807) is 0 Å². The Morgan fingerprint density at radius 2 is 1.50 bits per heavy atom. The lowest BCUT2D eigenvalue weighted by atomic mass is 9.93. The second-order valence-corrected chi connectivity index (χ2v) is 3.59. The summed E-state index contributed by atoms with van der Waals surface area (Å²) in [5, 5.41) is 8.92. The Labute approximate surface area is 76.2 Å². The lowest BCUT2D eigenvalue weighted by Gasteiger charge is -2.15. The Bertz CT molecular complexity index is 87.8. The highest BCUT2D eigenvalue weighted by atomic mass is 16.3. The smallest absolute Gasteiger partial charge is 0.102 e. The highest BCUT2D eigenvalue weighted by Gasteiger charge is 2.07. The van der Waals surface area contributed by atoms with Gasteiger partial charge in [-0.15, -0.1) is 0 Å². The quantitative estimate of drug-likeness (QED) is 0.580. The van der Waals surface area contributed by atoms with Crippen molar-refractivity contribution in [3.8, 4) is 0 Å². The van der Waals surface area contributed by atoms with E-state index in [4.69, 9.17) is 10.8 Å². The second kappa shape index (κ2) is 7.56. The fourth-order valence-corrected chi connectivity index (χ4v) is 1.66. The molecule has 0 heterocycles. The van der Waals surface area contributed by atoms with Crippen LogP contribution in [0.3, 0.4) is 0 Å². The molecule has 0 bridgehead atoms. The van der Waals surface area contributed by atoms with Crippen molar-refractivity contribution in [3.63, 3.8) is 0 Å². The molecular formula is C10H23NO.